The van der Waals surface area contributed by atoms with Gasteiger partial charge in [-0.2, -0.15) is 0 Å². The third kappa shape index (κ3) is 1.34. The maximum atomic E-state index is 11.1. The second kappa shape index (κ2) is 3.59. The van der Waals surface area contributed by atoms with Crippen LogP contribution in [0.25, 0.3) is 22.3 Å². The minimum Gasteiger partial charge on any atom is -0.477 e. The second-order valence-electron chi connectivity index (χ2n) is 3.68. The number of pyridine rings is 1. The van der Waals surface area contributed by atoms with Crippen molar-refractivity contribution in [3.05, 3.63) is 30.1 Å². The van der Waals surface area contributed by atoms with E-state index in [9.17, 15) is 4.79 Å². The highest BCUT2D eigenvalue weighted by Crippen LogP contribution is 2.31. The average molecular weight is 244 g/mol. The number of anilines is 1. The van der Waals surface area contributed by atoms with Crippen molar-refractivity contribution in [2.75, 3.05) is 5.73 Å². The molecule has 0 saturated carbocycles. The predicted molar refractivity (Wildman–Crippen MR) is 63.0 cm³/mol. The molecule has 0 radical (unpaired) electrons. The maximum Gasteiger partial charge on any atom is 0.343 e. The minimum absolute atomic E-state index is 0.139. The number of fused-ring (bicyclic) bond motifs is 1. The normalized spacial score (nSPS) is 10.9. The summed E-state index contributed by atoms with van der Waals surface area (Å²) in [7, 11) is 0. The van der Waals surface area contributed by atoms with Gasteiger partial charge in [0.2, 0.25) is 5.88 Å². The van der Waals surface area contributed by atoms with Crippen LogP contribution in [0.5, 0.6) is 0 Å². The van der Waals surface area contributed by atoms with E-state index in [0.717, 1.165) is 5.39 Å². The summed E-state index contributed by atoms with van der Waals surface area (Å²) in [5.41, 5.74) is 6.75. The van der Waals surface area contributed by atoms with Crippen molar-refractivity contribution >= 4 is 22.9 Å². The number of aromatic carboxylic acids is 1. The summed E-state index contributed by atoms with van der Waals surface area (Å²) in [6.07, 6.45) is 3.26. The lowest BCUT2D eigenvalue weighted by Crippen LogP contribution is -2.00. The van der Waals surface area contributed by atoms with E-state index in [1.54, 1.807) is 18.5 Å². The largest absolute Gasteiger partial charge is 0.477 e. The molecule has 0 amide bonds. The highest BCUT2D eigenvalue weighted by Gasteiger charge is 2.23. The Kier molecular flexibility index (Phi) is 2.06. The molecule has 0 fully saturated rings. The van der Waals surface area contributed by atoms with E-state index < -0.39 is 5.97 Å². The third-order valence-corrected chi connectivity index (χ3v) is 2.64. The van der Waals surface area contributed by atoms with E-state index in [2.05, 4.69) is 15.1 Å². The molecule has 0 aliphatic rings. The van der Waals surface area contributed by atoms with Gasteiger partial charge in [0.15, 0.2) is 5.56 Å². The van der Waals surface area contributed by atoms with Gasteiger partial charge >= 0.3 is 5.97 Å². The molecule has 0 saturated heterocycles. The van der Waals surface area contributed by atoms with Crippen LogP contribution >= 0.6 is 0 Å². The lowest BCUT2D eigenvalue weighted by Gasteiger charge is -1.95. The molecule has 3 rings (SSSR count). The highest BCUT2D eigenvalue weighted by atomic mass is 16.5. The summed E-state index contributed by atoms with van der Waals surface area (Å²) in [5.74, 6) is -1.39. The summed E-state index contributed by atoms with van der Waals surface area (Å²) in [4.78, 5) is 18.2. The number of carbonyl (C=O) groups is 1. The molecule has 0 aliphatic carbocycles. The molecule has 0 atom stereocenters. The first-order valence-electron chi connectivity index (χ1n) is 5.09. The van der Waals surface area contributed by atoms with E-state index in [-0.39, 0.29) is 17.1 Å². The summed E-state index contributed by atoms with van der Waals surface area (Å²) in [5, 5.41) is 13.6. The monoisotopic (exact) mass is 244 g/mol. The van der Waals surface area contributed by atoms with Gasteiger partial charge in [-0.05, 0) is 12.1 Å². The fourth-order valence-electron chi connectivity index (χ4n) is 1.85. The summed E-state index contributed by atoms with van der Waals surface area (Å²) < 4.78 is 4.74. The van der Waals surface area contributed by atoms with Gasteiger partial charge in [-0.3, -0.25) is 0 Å². The number of carboxylic acid groups (broad SMARTS) is 1. The Hall–Kier alpha value is -2.83. The number of nitrogens with one attached hydrogen (secondary N) is 1. The smallest absolute Gasteiger partial charge is 0.343 e. The molecule has 7 heteroatoms. The van der Waals surface area contributed by atoms with Crippen molar-refractivity contribution in [2.45, 2.75) is 0 Å². The second-order valence-corrected chi connectivity index (χ2v) is 3.68. The lowest BCUT2D eigenvalue weighted by molar-refractivity contribution is 0.0698. The molecule has 3 aromatic heterocycles. The lowest BCUT2D eigenvalue weighted by atomic mass is 10.1. The Morgan fingerprint density at radius 2 is 2.33 bits per heavy atom. The van der Waals surface area contributed by atoms with Crippen LogP contribution in [0, 0.1) is 0 Å². The number of nitrogens with zero attached hydrogens (tertiary/aromatic N) is 2. The summed E-state index contributed by atoms with van der Waals surface area (Å²) >= 11 is 0. The number of aromatic amines is 1. The fraction of sp³-hybridized carbons (Fsp3) is 0. The van der Waals surface area contributed by atoms with E-state index >= 15 is 0 Å². The van der Waals surface area contributed by atoms with Crippen molar-refractivity contribution < 1.29 is 14.4 Å². The Balaban J connectivity index is 2.30. The van der Waals surface area contributed by atoms with Gasteiger partial charge in [-0.15, -0.1) is 0 Å². The van der Waals surface area contributed by atoms with Gasteiger partial charge in [-0.25, -0.2) is 9.78 Å². The first-order chi connectivity index (χ1) is 8.68. The van der Waals surface area contributed by atoms with Gasteiger partial charge in [0.25, 0.3) is 0 Å². The van der Waals surface area contributed by atoms with Gasteiger partial charge in [0, 0.05) is 23.3 Å². The zero-order valence-electron chi connectivity index (χ0n) is 9.04. The molecule has 3 aromatic rings. The van der Waals surface area contributed by atoms with Gasteiger partial charge in [-0.1, -0.05) is 5.16 Å². The fourth-order valence-corrected chi connectivity index (χ4v) is 1.85. The average Bonchev–Trinajstić information content (AvgIpc) is 2.92. The van der Waals surface area contributed by atoms with E-state index in [1.165, 1.54) is 0 Å². The standard InChI is InChI=1S/C11H8N4O3/c12-9-7(11(16)17)8(15-18-9)6-4-14-10-5(6)2-1-3-13-10/h1-4H,12H2,(H,13,14)(H,16,17). The number of rotatable bonds is 2. The molecule has 0 aromatic carbocycles. The summed E-state index contributed by atoms with van der Waals surface area (Å²) in [6, 6.07) is 3.56. The topological polar surface area (TPSA) is 118 Å². The zero-order chi connectivity index (χ0) is 12.7. The van der Waals surface area contributed by atoms with Crippen molar-refractivity contribution in [1.82, 2.24) is 15.1 Å². The molecule has 18 heavy (non-hydrogen) atoms. The number of nitrogens with two attached hydrogens (primary N) is 1. The van der Waals surface area contributed by atoms with Crippen LogP contribution in [0.2, 0.25) is 0 Å². The van der Waals surface area contributed by atoms with Crippen molar-refractivity contribution in [3.8, 4) is 11.3 Å². The molecular weight excluding hydrogens is 236 g/mol. The number of carboxylic acids is 1. The molecule has 90 valence electrons. The van der Waals surface area contributed by atoms with Crippen molar-refractivity contribution in [1.29, 1.82) is 0 Å². The number of H-pyrrole nitrogens is 1. The number of nitrogen functional groups attached to an aromatic ring is 1. The van der Waals surface area contributed by atoms with E-state index in [0.29, 0.717) is 11.2 Å². The van der Waals surface area contributed by atoms with Crippen LogP contribution in [0.4, 0.5) is 5.88 Å². The Morgan fingerprint density at radius 1 is 1.50 bits per heavy atom. The quantitative estimate of drug-likeness (QED) is 0.628. The van der Waals surface area contributed by atoms with Crippen LogP contribution in [0.1, 0.15) is 10.4 Å². The minimum atomic E-state index is -1.18. The molecule has 0 aliphatic heterocycles. The van der Waals surface area contributed by atoms with Crippen LogP contribution in [0.3, 0.4) is 0 Å². The zero-order valence-corrected chi connectivity index (χ0v) is 9.04. The van der Waals surface area contributed by atoms with E-state index in [1.807, 2.05) is 6.07 Å². The SMILES string of the molecule is Nc1onc(-c2c[nH]c3ncccc23)c1C(=O)O. The Labute approximate surface area is 100 Å². The molecule has 0 spiro atoms. The highest BCUT2D eigenvalue weighted by molar-refractivity contribution is 6.03. The van der Waals surface area contributed by atoms with Crippen LogP contribution in [-0.4, -0.2) is 26.2 Å². The first kappa shape index (κ1) is 10.3. The molecular formula is C11H8N4O3. The van der Waals surface area contributed by atoms with Gasteiger partial charge < -0.3 is 20.3 Å². The Bertz CT molecular complexity index is 744. The number of hydrogen-bond acceptors (Lipinski definition) is 5. The van der Waals surface area contributed by atoms with E-state index in [4.69, 9.17) is 15.4 Å². The number of aromatic nitrogens is 3. The maximum absolute atomic E-state index is 11.1. The van der Waals surface area contributed by atoms with Crippen molar-refractivity contribution in [2.24, 2.45) is 0 Å². The van der Waals surface area contributed by atoms with Crippen LogP contribution < -0.4 is 5.73 Å². The third-order valence-electron chi connectivity index (χ3n) is 2.64. The van der Waals surface area contributed by atoms with Crippen molar-refractivity contribution in [3.63, 3.8) is 0 Å². The van der Waals surface area contributed by atoms with Crippen LogP contribution in [0.15, 0.2) is 29.0 Å². The molecule has 0 bridgehead atoms. The van der Waals surface area contributed by atoms with Gasteiger partial charge in [0.1, 0.15) is 11.3 Å². The van der Waals surface area contributed by atoms with Gasteiger partial charge in [0.05, 0.1) is 0 Å². The predicted octanol–water partition coefficient (Wildman–Crippen LogP) is 1.50. The number of hydrogen-bond donors (Lipinski definition) is 3. The van der Waals surface area contributed by atoms with Crippen LogP contribution in [-0.2, 0) is 0 Å². The Morgan fingerprint density at radius 3 is 3.11 bits per heavy atom. The molecule has 3 heterocycles. The molecule has 4 N–H and O–H groups in total. The molecule has 0 unspecified atom stereocenters. The molecule has 7 nitrogen and oxygen atoms in total. The first-order valence-corrected chi connectivity index (χ1v) is 5.09. The summed E-state index contributed by atoms with van der Waals surface area (Å²) in [6.45, 7) is 0.